The van der Waals surface area contributed by atoms with Crippen LogP contribution in [0.5, 0.6) is 0 Å². The quantitative estimate of drug-likeness (QED) is 0.873. The molecule has 0 bridgehead atoms. The van der Waals surface area contributed by atoms with Crippen LogP contribution in [0, 0.1) is 0 Å². The standard InChI is InChI=1S/C13H17Cl2NO2/c1-9(16(2)6-5-13(17)18)7-10-3-4-11(14)12(15)8-10/h3-4,8-9H,5-7H2,1-2H3,(H,17,18). The molecular formula is C13H17Cl2NO2. The van der Waals surface area contributed by atoms with Gasteiger partial charge in [0.2, 0.25) is 0 Å². The third-order valence-corrected chi connectivity index (χ3v) is 3.68. The Bertz CT molecular complexity index is 423. The fourth-order valence-corrected chi connectivity index (χ4v) is 1.98. The van der Waals surface area contributed by atoms with Crippen LogP contribution in [0.3, 0.4) is 0 Å². The van der Waals surface area contributed by atoms with Crippen LogP contribution < -0.4 is 0 Å². The van der Waals surface area contributed by atoms with Crippen LogP contribution >= 0.6 is 23.2 Å². The second kappa shape index (κ2) is 6.98. The van der Waals surface area contributed by atoms with E-state index in [1.54, 1.807) is 6.07 Å². The molecule has 1 N–H and O–H groups in total. The highest BCUT2D eigenvalue weighted by atomic mass is 35.5. The first-order valence-electron chi connectivity index (χ1n) is 5.76. The summed E-state index contributed by atoms with van der Waals surface area (Å²) in [6.07, 6.45) is 0.967. The molecule has 1 aromatic carbocycles. The molecule has 3 nitrogen and oxygen atoms in total. The van der Waals surface area contributed by atoms with Crippen LogP contribution in [0.15, 0.2) is 18.2 Å². The number of hydrogen-bond acceptors (Lipinski definition) is 2. The van der Waals surface area contributed by atoms with E-state index in [2.05, 4.69) is 6.92 Å². The molecule has 0 saturated heterocycles. The van der Waals surface area contributed by atoms with Crippen LogP contribution in [-0.2, 0) is 11.2 Å². The number of rotatable bonds is 6. The van der Waals surface area contributed by atoms with Crippen LogP contribution in [0.4, 0.5) is 0 Å². The van der Waals surface area contributed by atoms with E-state index >= 15 is 0 Å². The number of halogens is 2. The van der Waals surface area contributed by atoms with Crippen LogP contribution in [-0.4, -0.2) is 35.6 Å². The largest absolute Gasteiger partial charge is 0.481 e. The van der Waals surface area contributed by atoms with Gasteiger partial charge in [-0.05, 0) is 38.1 Å². The van der Waals surface area contributed by atoms with Gasteiger partial charge in [0, 0.05) is 12.6 Å². The van der Waals surface area contributed by atoms with Crippen molar-refractivity contribution in [2.75, 3.05) is 13.6 Å². The first-order valence-corrected chi connectivity index (χ1v) is 6.51. The van der Waals surface area contributed by atoms with Crippen molar-refractivity contribution in [3.05, 3.63) is 33.8 Å². The van der Waals surface area contributed by atoms with E-state index in [-0.39, 0.29) is 12.5 Å². The molecule has 18 heavy (non-hydrogen) atoms. The van der Waals surface area contributed by atoms with Crippen LogP contribution in [0.25, 0.3) is 0 Å². The molecule has 0 heterocycles. The summed E-state index contributed by atoms with van der Waals surface area (Å²) in [6, 6.07) is 5.83. The molecule has 0 aliphatic rings. The van der Waals surface area contributed by atoms with E-state index in [4.69, 9.17) is 28.3 Å². The molecule has 0 aliphatic heterocycles. The molecule has 5 heteroatoms. The molecule has 0 aromatic heterocycles. The molecule has 100 valence electrons. The number of carbonyl (C=O) groups is 1. The number of aliphatic carboxylic acids is 1. The molecule has 1 unspecified atom stereocenters. The molecule has 0 fully saturated rings. The second-order valence-electron chi connectivity index (χ2n) is 4.43. The Balaban J connectivity index is 2.55. The fraction of sp³-hybridized carbons (Fsp3) is 0.462. The summed E-state index contributed by atoms with van der Waals surface area (Å²) in [5, 5.41) is 9.74. The minimum absolute atomic E-state index is 0.155. The minimum atomic E-state index is -0.774. The molecular weight excluding hydrogens is 273 g/mol. The van der Waals surface area contributed by atoms with E-state index in [1.165, 1.54) is 0 Å². The first kappa shape index (κ1) is 15.3. The Labute approximate surface area is 117 Å². The van der Waals surface area contributed by atoms with Gasteiger partial charge in [-0.1, -0.05) is 29.3 Å². The smallest absolute Gasteiger partial charge is 0.304 e. The van der Waals surface area contributed by atoms with Crippen LogP contribution in [0.2, 0.25) is 10.0 Å². The Morgan fingerprint density at radius 3 is 2.61 bits per heavy atom. The highest BCUT2D eigenvalue weighted by molar-refractivity contribution is 6.42. The number of hydrogen-bond donors (Lipinski definition) is 1. The van der Waals surface area contributed by atoms with Crippen molar-refractivity contribution >= 4 is 29.2 Å². The maximum Gasteiger partial charge on any atom is 0.304 e. The average molecular weight is 290 g/mol. The van der Waals surface area contributed by atoms with Gasteiger partial charge >= 0.3 is 5.97 Å². The van der Waals surface area contributed by atoms with Gasteiger partial charge in [-0.15, -0.1) is 0 Å². The highest BCUT2D eigenvalue weighted by Crippen LogP contribution is 2.23. The summed E-state index contributed by atoms with van der Waals surface area (Å²) >= 11 is 11.8. The van der Waals surface area contributed by atoms with Gasteiger partial charge in [0.1, 0.15) is 0 Å². The van der Waals surface area contributed by atoms with Crippen molar-refractivity contribution in [3.8, 4) is 0 Å². The summed E-state index contributed by atoms with van der Waals surface area (Å²) in [5.41, 5.74) is 1.10. The molecule has 1 aromatic rings. The monoisotopic (exact) mass is 289 g/mol. The maximum absolute atomic E-state index is 10.5. The van der Waals surface area contributed by atoms with E-state index < -0.39 is 5.97 Å². The molecule has 0 spiro atoms. The van der Waals surface area contributed by atoms with Crippen LogP contribution in [0.1, 0.15) is 18.9 Å². The lowest BCUT2D eigenvalue weighted by Gasteiger charge is -2.24. The number of likely N-dealkylation sites (N-methyl/N-ethyl adjacent to an activating group) is 1. The van der Waals surface area contributed by atoms with Crippen molar-refractivity contribution < 1.29 is 9.90 Å². The third kappa shape index (κ3) is 4.84. The molecule has 1 atom stereocenters. The van der Waals surface area contributed by atoms with Gasteiger partial charge in [-0.3, -0.25) is 4.79 Å². The molecule has 0 aliphatic carbocycles. The van der Waals surface area contributed by atoms with E-state index in [9.17, 15) is 4.79 Å². The van der Waals surface area contributed by atoms with E-state index in [0.717, 1.165) is 12.0 Å². The lowest BCUT2D eigenvalue weighted by molar-refractivity contribution is -0.137. The van der Waals surface area contributed by atoms with Gasteiger partial charge in [-0.2, -0.15) is 0 Å². The SMILES string of the molecule is CC(Cc1ccc(Cl)c(Cl)c1)N(C)CCC(=O)O. The summed E-state index contributed by atoms with van der Waals surface area (Å²) in [4.78, 5) is 12.5. The normalized spacial score (nSPS) is 12.7. The fourth-order valence-electron chi connectivity index (χ4n) is 1.66. The molecule has 0 radical (unpaired) electrons. The summed E-state index contributed by atoms with van der Waals surface area (Å²) in [7, 11) is 1.92. The molecule has 0 amide bonds. The van der Waals surface area contributed by atoms with E-state index in [1.807, 2.05) is 24.1 Å². The zero-order valence-electron chi connectivity index (χ0n) is 10.5. The topological polar surface area (TPSA) is 40.5 Å². The number of carboxylic acids is 1. The lowest BCUT2D eigenvalue weighted by Crippen LogP contribution is -2.32. The summed E-state index contributed by atoms with van der Waals surface area (Å²) in [5.74, 6) is -0.774. The number of benzene rings is 1. The van der Waals surface area contributed by atoms with Gasteiger partial charge in [0.05, 0.1) is 16.5 Å². The summed E-state index contributed by atoms with van der Waals surface area (Å²) in [6.45, 7) is 2.60. The number of nitrogens with zero attached hydrogens (tertiary/aromatic N) is 1. The van der Waals surface area contributed by atoms with Gasteiger partial charge < -0.3 is 10.0 Å². The van der Waals surface area contributed by atoms with Gasteiger partial charge in [-0.25, -0.2) is 0 Å². The van der Waals surface area contributed by atoms with Crippen molar-refractivity contribution in [2.24, 2.45) is 0 Å². The van der Waals surface area contributed by atoms with Crippen molar-refractivity contribution in [3.63, 3.8) is 0 Å². The zero-order valence-corrected chi connectivity index (χ0v) is 12.0. The Hall–Kier alpha value is -0.770. The predicted molar refractivity (Wildman–Crippen MR) is 74.5 cm³/mol. The van der Waals surface area contributed by atoms with Crippen molar-refractivity contribution in [2.45, 2.75) is 25.8 Å². The van der Waals surface area contributed by atoms with Crippen molar-refractivity contribution in [1.82, 2.24) is 4.90 Å². The Kier molecular flexibility index (Phi) is 5.93. The third-order valence-electron chi connectivity index (χ3n) is 2.95. The Morgan fingerprint density at radius 2 is 2.06 bits per heavy atom. The predicted octanol–water partition coefficient (Wildman–Crippen LogP) is 3.33. The van der Waals surface area contributed by atoms with Crippen molar-refractivity contribution in [1.29, 1.82) is 0 Å². The second-order valence-corrected chi connectivity index (χ2v) is 5.24. The van der Waals surface area contributed by atoms with Gasteiger partial charge in [0.15, 0.2) is 0 Å². The Morgan fingerprint density at radius 1 is 1.39 bits per heavy atom. The molecule has 0 saturated carbocycles. The summed E-state index contributed by atoms with van der Waals surface area (Å²) < 4.78 is 0. The first-order chi connectivity index (χ1) is 8.40. The van der Waals surface area contributed by atoms with E-state index in [0.29, 0.717) is 16.6 Å². The number of carboxylic acid groups (broad SMARTS) is 1. The lowest BCUT2D eigenvalue weighted by atomic mass is 10.1. The average Bonchev–Trinajstić information content (AvgIpc) is 2.30. The maximum atomic E-state index is 10.5. The molecule has 1 rings (SSSR count). The highest BCUT2D eigenvalue weighted by Gasteiger charge is 2.12. The minimum Gasteiger partial charge on any atom is -0.481 e. The zero-order chi connectivity index (χ0) is 13.7. The van der Waals surface area contributed by atoms with Gasteiger partial charge in [0.25, 0.3) is 0 Å².